The molecule has 0 nitrogen and oxygen atoms in total. The summed E-state index contributed by atoms with van der Waals surface area (Å²) in [6, 6.07) is 17.7. The molecule has 0 unspecified atom stereocenters. The van der Waals surface area contributed by atoms with Gasteiger partial charge in [-0.15, -0.1) is 6.58 Å². The molecule has 1 aliphatic rings. The van der Waals surface area contributed by atoms with Crippen LogP contribution in [-0.2, 0) is 12.8 Å². The van der Waals surface area contributed by atoms with Crippen LogP contribution >= 0.6 is 0 Å². The molecule has 0 N–H and O–H groups in total. The minimum Gasteiger partial charge on any atom is -0.103 e. The summed E-state index contributed by atoms with van der Waals surface area (Å²) in [5.74, 6) is 8.60. The zero-order valence-electron chi connectivity index (χ0n) is 19.5. The highest BCUT2D eigenvalue weighted by atomic mass is 14.3. The van der Waals surface area contributed by atoms with E-state index in [0.717, 1.165) is 35.8 Å². The minimum absolute atomic E-state index is 0.942. The van der Waals surface area contributed by atoms with Gasteiger partial charge in [-0.2, -0.15) is 0 Å². The van der Waals surface area contributed by atoms with E-state index in [9.17, 15) is 0 Å². The second-order valence-corrected chi connectivity index (χ2v) is 9.39. The van der Waals surface area contributed by atoms with E-state index in [1.165, 1.54) is 75.3 Å². The van der Waals surface area contributed by atoms with E-state index in [-0.39, 0.29) is 0 Å². The third-order valence-corrected chi connectivity index (χ3v) is 6.89. The monoisotopic (exact) mass is 412 g/mol. The molecule has 0 heterocycles. The van der Waals surface area contributed by atoms with Crippen LogP contribution in [0, 0.1) is 23.7 Å². The van der Waals surface area contributed by atoms with Crippen LogP contribution in [0.25, 0.3) is 0 Å². The minimum atomic E-state index is 0.942. The Morgan fingerprint density at radius 3 is 1.77 bits per heavy atom. The van der Waals surface area contributed by atoms with Crippen molar-refractivity contribution >= 4 is 0 Å². The predicted molar refractivity (Wildman–Crippen MR) is 135 cm³/mol. The lowest BCUT2D eigenvalue weighted by atomic mass is 9.78. The largest absolute Gasteiger partial charge is 0.103 e. The molecule has 1 aliphatic carbocycles. The van der Waals surface area contributed by atoms with E-state index < -0.39 is 0 Å². The first-order valence-electron chi connectivity index (χ1n) is 12.6. The zero-order valence-corrected chi connectivity index (χ0v) is 19.5. The van der Waals surface area contributed by atoms with Gasteiger partial charge in [0.1, 0.15) is 0 Å². The summed E-state index contributed by atoms with van der Waals surface area (Å²) >= 11 is 0. The molecule has 0 heteroatoms. The highest BCUT2D eigenvalue weighted by Crippen LogP contribution is 2.33. The maximum absolute atomic E-state index is 3.79. The molecule has 1 fully saturated rings. The Bertz CT molecular complexity index is 820. The average molecular weight is 413 g/mol. The van der Waals surface area contributed by atoms with Gasteiger partial charge in [0, 0.05) is 11.1 Å². The van der Waals surface area contributed by atoms with Crippen LogP contribution in [0.15, 0.2) is 61.2 Å². The van der Waals surface area contributed by atoms with Crippen LogP contribution < -0.4 is 0 Å². The molecule has 0 saturated heterocycles. The van der Waals surface area contributed by atoms with Gasteiger partial charge in [0.25, 0.3) is 0 Å². The lowest BCUT2D eigenvalue weighted by Gasteiger charge is -2.28. The number of rotatable bonds is 10. The molecular formula is C31H40. The van der Waals surface area contributed by atoms with Crippen molar-refractivity contribution in [2.75, 3.05) is 0 Å². The van der Waals surface area contributed by atoms with Crippen molar-refractivity contribution in [3.05, 3.63) is 83.4 Å². The molecule has 0 spiro atoms. The Labute approximate surface area is 191 Å². The maximum atomic E-state index is 3.79. The molecule has 0 amide bonds. The van der Waals surface area contributed by atoms with Crippen molar-refractivity contribution in [1.29, 1.82) is 0 Å². The Hall–Kier alpha value is -2.26. The predicted octanol–water partition coefficient (Wildman–Crippen LogP) is 8.52. The Morgan fingerprint density at radius 1 is 0.742 bits per heavy atom. The van der Waals surface area contributed by atoms with E-state index >= 15 is 0 Å². The second-order valence-electron chi connectivity index (χ2n) is 9.39. The van der Waals surface area contributed by atoms with Crippen molar-refractivity contribution in [3.63, 3.8) is 0 Å². The van der Waals surface area contributed by atoms with Gasteiger partial charge in [-0.25, -0.2) is 0 Å². The molecule has 0 radical (unpaired) electrons. The summed E-state index contributed by atoms with van der Waals surface area (Å²) in [7, 11) is 0. The normalized spacial score (nSPS) is 18.2. The molecular weight excluding hydrogens is 372 g/mol. The summed E-state index contributed by atoms with van der Waals surface area (Å²) in [6.45, 7) is 6.11. The third kappa shape index (κ3) is 8.41. The van der Waals surface area contributed by atoms with Crippen LogP contribution in [0.4, 0.5) is 0 Å². The van der Waals surface area contributed by atoms with Gasteiger partial charge in [0.05, 0.1) is 0 Å². The van der Waals surface area contributed by atoms with Crippen molar-refractivity contribution in [3.8, 4) is 11.8 Å². The third-order valence-electron chi connectivity index (χ3n) is 6.89. The molecule has 3 rings (SSSR count). The van der Waals surface area contributed by atoms with Crippen molar-refractivity contribution in [1.82, 2.24) is 0 Å². The molecule has 164 valence electrons. The highest BCUT2D eigenvalue weighted by Gasteiger charge is 2.20. The molecule has 1 saturated carbocycles. The molecule has 0 bridgehead atoms. The van der Waals surface area contributed by atoms with Crippen LogP contribution in [0.2, 0.25) is 0 Å². The molecule has 31 heavy (non-hydrogen) atoms. The summed E-state index contributed by atoms with van der Waals surface area (Å²) in [6.07, 6.45) is 17.9. The van der Waals surface area contributed by atoms with Gasteiger partial charge in [-0.1, -0.05) is 87.6 Å². The number of hydrogen-bond acceptors (Lipinski definition) is 0. The van der Waals surface area contributed by atoms with Crippen molar-refractivity contribution < 1.29 is 0 Å². The lowest BCUT2D eigenvalue weighted by Crippen LogP contribution is -2.15. The Balaban J connectivity index is 1.42. The SMILES string of the molecule is C=CCCCCc1ccc(C#Cc2ccc(CCC3CCC(CCC)CC3)cc2)cc1. The first kappa shape index (κ1) is 23.4. The topological polar surface area (TPSA) is 0 Å². The fourth-order valence-electron chi connectivity index (χ4n) is 4.86. The summed E-state index contributed by atoms with van der Waals surface area (Å²) in [5.41, 5.74) is 5.06. The van der Waals surface area contributed by atoms with E-state index in [2.05, 4.69) is 73.9 Å². The first-order valence-corrected chi connectivity index (χ1v) is 12.6. The van der Waals surface area contributed by atoms with Crippen molar-refractivity contribution in [2.45, 2.75) is 84.0 Å². The summed E-state index contributed by atoms with van der Waals surface area (Å²) in [4.78, 5) is 0. The fourth-order valence-corrected chi connectivity index (χ4v) is 4.86. The van der Waals surface area contributed by atoms with E-state index in [4.69, 9.17) is 0 Å². The number of unbranched alkanes of at least 4 members (excludes halogenated alkanes) is 2. The number of benzene rings is 2. The lowest BCUT2D eigenvalue weighted by molar-refractivity contribution is 0.252. The molecule has 0 aliphatic heterocycles. The summed E-state index contributed by atoms with van der Waals surface area (Å²) < 4.78 is 0. The van der Waals surface area contributed by atoms with Gasteiger partial charge in [0.2, 0.25) is 0 Å². The standard InChI is InChI=1S/C31H40/c1-3-5-6-7-9-27-12-16-29(17-13-27)19-21-31-24-22-30(23-25-31)20-18-28-14-10-26(8-4-2)11-15-28/h3,12-13,16-17,22-26,28H,1,4-11,14-15,18,20H2,2H3. The zero-order chi connectivity index (χ0) is 21.7. The number of aryl methyl sites for hydroxylation is 2. The first-order chi connectivity index (χ1) is 15.3. The summed E-state index contributed by atoms with van der Waals surface area (Å²) in [5, 5.41) is 0. The number of hydrogen-bond donors (Lipinski definition) is 0. The van der Waals surface area contributed by atoms with Gasteiger partial charge in [0.15, 0.2) is 0 Å². The molecule has 2 aromatic carbocycles. The highest BCUT2D eigenvalue weighted by molar-refractivity contribution is 5.44. The van der Waals surface area contributed by atoms with Crippen LogP contribution in [-0.4, -0.2) is 0 Å². The van der Waals surface area contributed by atoms with Gasteiger partial charge in [-0.3, -0.25) is 0 Å². The van der Waals surface area contributed by atoms with Gasteiger partial charge >= 0.3 is 0 Å². The van der Waals surface area contributed by atoms with Gasteiger partial charge in [-0.05, 0) is 85.8 Å². The van der Waals surface area contributed by atoms with Gasteiger partial charge < -0.3 is 0 Å². The molecule has 0 aromatic heterocycles. The second kappa shape index (κ2) is 13.2. The molecule has 2 aromatic rings. The fraction of sp³-hybridized carbons (Fsp3) is 0.484. The molecule has 0 atom stereocenters. The van der Waals surface area contributed by atoms with E-state index in [0.29, 0.717) is 0 Å². The maximum Gasteiger partial charge on any atom is 0.0249 e. The van der Waals surface area contributed by atoms with E-state index in [1.54, 1.807) is 0 Å². The number of allylic oxidation sites excluding steroid dienone is 1. The average Bonchev–Trinajstić information content (AvgIpc) is 2.82. The van der Waals surface area contributed by atoms with Crippen LogP contribution in [0.3, 0.4) is 0 Å². The van der Waals surface area contributed by atoms with Crippen molar-refractivity contribution in [2.24, 2.45) is 11.8 Å². The quantitative estimate of drug-likeness (QED) is 0.208. The smallest absolute Gasteiger partial charge is 0.0249 e. The van der Waals surface area contributed by atoms with Crippen LogP contribution in [0.5, 0.6) is 0 Å². The van der Waals surface area contributed by atoms with Crippen LogP contribution in [0.1, 0.15) is 93.4 Å². The Kier molecular flexibility index (Phi) is 9.98. The van der Waals surface area contributed by atoms with E-state index in [1.807, 2.05) is 6.08 Å². The Morgan fingerprint density at radius 2 is 1.26 bits per heavy atom.